The predicted molar refractivity (Wildman–Crippen MR) is 119 cm³/mol. The number of amides is 1. The fourth-order valence-electron chi connectivity index (χ4n) is 3.49. The molecule has 0 bridgehead atoms. The van der Waals surface area contributed by atoms with Gasteiger partial charge in [0, 0.05) is 31.2 Å². The van der Waals surface area contributed by atoms with E-state index in [1.165, 1.54) is 6.07 Å². The van der Waals surface area contributed by atoms with E-state index in [1.807, 2.05) is 12.1 Å². The van der Waals surface area contributed by atoms with Crippen LogP contribution in [0.4, 0.5) is 11.4 Å². The van der Waals surface area contributed by atoms with Gasteiger partial charge in [0.1, 0.15) is 5.69 Å². The van der Waals surface area contributed by atoms with E-state index >= 15 is 0 Å². The fourth-order valence-corrected chi connectivity index (χ4v) is 3.66. The van der Waals surface area contributed by atoms with Crippen molar-refractivity contribution in [2.75, 3.05) is 49.5 Å². The predicted octanol–water partition coefficient (Wildman–Crippen LogP) is 3.61. The first-order chi connectivity index (χ1) is 14.4. The Hall–Kier alpha value is -2.64. The van der Waals surface area contributed by atoms with Crippen LogP contribution in [0.2, 0.25) is 5.02 Å². The molecule has 1 N–H and O–H groups in total. The number of rotatable bonds is 6. The lowest BCUT2D eigenvalue weighted by Gasteiger charge is -2.36. The number of piperazine rings is 1. The lowest BCUT2D eigenvalue weighted by atomic mass is 10.1. The highest BCUT2D eigenvalue weighted by molar-refractivity contribution is 6.31. The number of pyridine rings is 1. The van der Waals surface area contributed by atoms with Gasteiger partial charge in [-0.05, 0) is 50.7 Å². The average Bonchev–Trinajstić information content (AvgIpc) is 2.74. The molecule has 1 fully saturated rings. The second kappa shape index (κ2) is 9.91. The first kappa shape index (κ1) is 22.1. The van der Waals surface area contributed by atoms with Crippen molar-refractivity contribution < 1.29 is 14.3 Å². The van der Waals surface area contributed by atoms with E-state index in [4.69, 9.17) is 16.3 Å². The van der Waals surface area contributed by atoms with Crippen LogP contribution in [-0.2, 0) is 4.74 Å². The molecule has 0 spiro atoms. The van der Waals surface area contributed by atoms with Gasteiger partial charge in [0.2, 0.25) is 0 Å². The van der Waals surface area contributed by atoms with Gasteiger partial charge in [-0.1, -0.05) is 18.5 Å². The van der Waals surface area contributed by atoms with Gasteiger partial charge in [-0.15, -0.1) is 0 Å². The summed E-state index contributed by atoms with van der Waals surface area (Å²) in [6.45, 7) is 10.6. The number of likely N-dealkylation sites (N-methyl/N-ethyl adjacent to an activating group) is 1. The molecule has 0 saturated carbocycles. The van der Waals surface area contributed by atoms with Crippen LogP contribution in [0.1, 0.15) is 40.4 Å². The normalized spacial score (nSPS) is 14.5. The molecule has 1 amide bonds. The van der Waals surface area contributed by atoms with E-state index in [2.05, 4.69) is 27.0 Å². The molecule has 1 aromatic heterocycles. The van der Waals surface area contributed by atoms with Crippen molar-refractivity contribution in [3.8, 4) is 0 Å². The molecule has 7 nitrogen and oxygen atoms in total. The summed E-state index contributed by atoms with van der Waals surface area (Å²) in [4.78, 5) is 33.7. The Morgan fingerprint density at radius 3 is 2.50 bits per heavy atom. The number of esters is 1. The molecule has 2 aromatic rings. The number of aryl methyl sites for hydroxylation is 1. The third-order valence-corrected chi connectivity index (χ3v) is 5.42. The Morgan fingerprint density at radius 1 is 1.13 bits per heavy atom. The second-order valence-electron chi connectivity index (χ2n) is 7.09. The number of carbonyl (C=O) groups is 2. The van der Waals surface area contributed by atoms with Crippen molar-refractivity contribution in [2.24, 2.45) is 0 Å². The quantitative estimate of drug-likeness (QED) is 0.705. The van der Waals surface area contributed by atoms with Crippen molar-refractivity contribution >= 4 is 34.9 Å². The third-order valence-electron chi connectivity index (χ3n) is 5.18. The topological polar surface area (TPSA) is 74.8 Å². The standard InChI is InChI=1S/C22H27ClN4O3/c1-4-26-10-12-27(13-11-26)20-9-6-16(23)14-19(20)25-21(28)18-8-7-17(15(3)24-18)22(29)30-5-2/h6-9,14H,4-5,10-13H2,1-3H3,(H,25,28). The number of aromatic nitrogens is 1. The van der Waals surface area contributed by atoms with Gasteiger partial charge >= 0.3 is 5.97 Å². The molecule has 8 heteroatoms. The summed E-state index contributed by atoms with van der Waals surface area (Å²) < 4.78 is 5.01. The van der Waals surface area contributed by atoms with Crippen LogP contribution in [0.3, 0.4) is 0 Å². The Morgan fingerprint density at radius 2 is 1.87 bits per heavy atom. The summed E-state index contributed by atoms with van der Waals surface area (Å²) in [7, 11) is 0. The Labute approximate surface area is 182 Å². The van der Waals surface area contributed by atoms with Crippen molar-refractivity contribution in [1.82, 2.24) is 9.88 Å². The third kappa shape index (κ3) is 5.09. The van der Waals surface area contributed by atoms with Gasteiger partial charge in [-0.25, -0.2) is 9.78 Å². The lowest BCUT2D eigenvalue weighted by Crippen LogP contribution is -2.46. The van der Waals surface area contributed by atoms with E-state index in [0.29, 0.717) is 22.0 Å². The van der Waals surface area contributed by atoms with Gasteiger partial charge in [-0.2, -0.15) is 0 Å². The fraction of sp³-hybridized carbons (Fsp3) is 0.409. The highest BCUT2D eigenvalue weighted by atomic mass is 35.5. The lowest BCUT2D eigenvalue weighted by molar-refractivity contribution is 0.0524. The number of halogens is 1. The van der Waals surface area contributed by atoms with Gasteiger partial charge in [-0.3, -0.25) is 4.79 Å². The number of ether oxygens (including phenoxy) is 1. The first-order valence-corrected chi connectivity index (χ1v) is 10.5. The summed E-state index contributed by atoms with van der Waals surface area (Å²) in [5, 5.41) is 3.48. The molecule has 160 valence electrons. The van der Waals surface area contributed by atoms with Crippen LogP contribution >= 0.6 is 11.6 Å². The van der Waals surface area contributed by atoms with E-state index in [1.54, 1.807) is 26.0 Å². The number of carbonyl (C=O) groups excluding carboxylic acids is 2. The highest BCUT2D eigenvalue weighted by Crippen LogP contribution is 2.30. The molecule has 1 saturated heterocycles. The number of nitrogens with one attached hydrogen (secondary N) is 1. The van der Waals surface area contributed by atoms with Gasteiger partial charge in [0.05, 0.1) is 29.2 Å². The second-order valence-corrected chi connectivity index (χ2v) is 7.52. The zero-order valence-electron chi connectivity index (χ0n) is 17.6. The molecule has 0 radical (unpaired) electrons. The minimum atomic E-state index is -0.446. The van der Waals surface area contributed by atoms with Crippen LogP contribution in [0, 0.1) is 6.92 Å². The van der Waals surface area contributed by atoms with Gasteiger partial charge in [0.15, 0.2) is 0 Å². The number of hydrogen-bond acceptors (Lipinski definition) is 6. The Kier molecular flexibility index (Phi) is 7.29. The number of hydrogen-bond donors (Lipinski definition) is 1. The molecular formula is C22H27ClN4O3. The zero-order chi connectivity index (χ0) is 21.7. The van der Waals surface area contributed by atoms with Gasteiger partial charge in [0.25, 0.3) is 5.91 Å². The molecule has 0 unspecified atom stereocenters. The average molecular weight is 431 g/mol. The van der Waals surface area contributed by atoms with Crippen LogP contribution < -0.4 is 10.2 Å². The monoisotopic (exact) mass is 430 g/mol. The van der Waals surface area contributed by atoms with Gasteiger partial charge < -0.3 is 19.9 Å². The zero-order valence-corrected chi connectivity index (χ0v) is 18.3. The smallest absolute Gasteiger partial charge is 0.339 e. The van der Waals surface area contributed by atoms with Crippen molar-refractivity contribution in [1.29, 1.82) is 0 Å². The SMILES string of the molecule is CCOC(=O)c1ccc(C(=O)Nc2cc(Cl)ccc2N2CCN(CC)CC2)nc1C. The molecule has 1 aromatic carbocycles. The van der Waals surface area contributed by atoms with Crippen LogP contribution in [0.15, 0.2) is 30.3 Å². The number of anilines is 2. The molecule has 2 heterocycles. The molecule has 30 heavy (non-hydrogen) atoms. The van der Waals surface area contributed by atoms with E-state index in [0.717, 1.165) is 38.4 Å². The molecular weight excluding hydrogens is 404 g/mol. The van der Waals surface area contributed by atoms with Crippen LogP contribution in [-0.4, -0.2) is 61.1 Å². The van der Waals surface area contributed by atoms with Crippen LogP contribution in [0.25, 0.3) is 0 Å². The van der Waals surface area contributed by atoms with Crippen molar-refractivity contribution in [3.63, 3.8) is 0 Å². The van der Waals surface area contributed by atoms with Crippen molar-refractivity contribution in [3.05, 3.63) is 52.3 Å². The Balaban J connectivity index is 1.79. The summed E-state index contributed by atoms with van der Waals surface area (Å²) in [5.74, 6) is -0.804. The molecule has 1 aliphatic rings. The first-order valence-electron chi connectivity index (χ1n) is 10.2. The minimum absolute atomic E-state index is 0.224. The largest absolute Gasteiger partial charge is 0.462 e. The molecule has 3 rings (SSSR count). The number of benzene rings is 1. The molecule has 0 atom stereocenters. The van der Waals surface area contributed by atoms with E-state index in [-0.39, 0.29) is 18.2 Å². The maximum Gasteiger partial charge on any atom is 0.339 e. The Bertz CT molecular complexity index is 927. The summed E-state index contributed by atoms with van der Waals surface area (Å²) in [6.07, 6.45) is 0. The van der Waals surface area contributed by atoms with Crippen molar-refractivity contribution in [2.45, 2.75) is 20.8 Å². The van der Waals surface area contributed by atoms with E-state index in [9.17, 15) is 9.59 Å². The highest BCUT2D eigenvalue weighted by Gasteiger charge is 2.21. The summed E-state index contributed by atoms with van der Waals surface area (Å²) in [6, 6.07) is 8.61. The summed E-state index contributed by atoms with van der Waals surface area (Å²) >= 11 is 6.20. The molecule has 0 aliphatic carbocycles. The minimum Gasteiger partial charge on any atom is -0.462 e. The number of nitrogens with zero attached hydrogens (tertiary/aromatic N) is 3. The maximum absolute atomic E-state index is 12.9. The molecule has 1 aliphatic heterocycles. The summed E-state index contributed by atoms with van der Waals surface area (Å²) in [5.41, 5.74) is 2.60. The van der Waals surface area contributed by atoms with E-state index < -0.39 is 5.97 Å². The van der Waals surface area contributed by atoms with Crippen LogP contribution in [0.5, 0.6) is 0 Å². The maximum atomic E-state index is 12.9.